The third-order valence-electron chi connectivity index (χ3n) is 0.601. The van der Waals surface area contributed by atoms with Gasteiger partial charge in [-0.3, -0.25) is 0 Å². The van der Waals surface area contributed by atoms with Crippen molar-refractivity contribution in [3.63, 3.8) is 0 Å². The summed E-state index contributed by atoms with van der Waals surface area (Å²) in [5.74, 6) is 0.660. The minimum Gasteiger partial charge on any atom is -0.126 e. The molecule has 0 amide bonds. The van der Waals surface area contributed by atoms with Crippen molar-refractivity contribution >= 4 is 59.4 Å². The van der Waals surface area contributed by atoms with E-state index < -0.39 is 0 Å². The van der Waals surface area contributed by atoms with Gasteiger partial charge < -0.3 is 0 Å². The van der Waals surface area contributed by atoms with Crippen LogP contribution in [0.3, 0.4) is 0 Å². The molecule has 0 heterocycles. The molecule has 0 spiro atoms. The Morgan fingerprint density at radius 1 is 1.25 bits per heavy atom. The Morgan fingerprint density at radius 2 is 1.75 bits per heavy atom. The Labute approximate surface area is 79.7 Å². The molecule has 0 aromatic carbocycles. The Morgan fingerprint density at radius 3 is 1.88 bits per heavy atom. The third-order valence-corrected chi connectivity index (χ3v) is 2.79. The predicted octanol–water partition coefficient (Wildman–Crippen LogP) is 3.49. The molecule has 8 heavy (non-hydrogen) atoms. The number of hydrogen-bond donors (Lipinski definition) is 0. The van der Waals surface area contributed by atoms with Gasteiger partial charge in [0.1, 0.15) is 0 Å². The quantitative estimate of drug-likeness (QED) is 0.696. The van der Waals surface area contributed by atoms with Gasteiger partial charge in [0, 0.05) is 10.7 Å². The maximum atomic E-state index is 5.51. The van der Waals surface area contributed by atoms with Gasteiger partial charge in [0.05, 0.1) is 3.74 Å². The van der Waals surface area contributed by atoms with Crippen LogP contribution in [0.4, 0.5) is 0 Å². The summed E-state index contributed by atoms with van der Waals surface area (Å²) in [5.41, 5.74) is 0. The van der Waals surface area contributed by atoms with Crippen molar-refractivity contribution in [2.24, 2.45) is 0 Å². The lowest BCUT2D eigenvalue weighted by Crippen LogP contribution is -2.02. The third kappa shape index (κ3) is 5.86. The van der Waals surface area contributed by atoms with Gasteiger partial charge in [-0.05, 0) is 6.42 Å². The van der Waals surface area contributed by atoms with E-state index >= 15 is 0 Å². The Balaban J connectivity index is 3.10. The van der Waals surface area contributed by atoms with Crippen molar-refractivity contribution in [3.8, 4) is 0 Å². The van der Waals surface area contributed by atoms with Crippen LogP contribution >= 0.6 is 59.4 Å². The van der Waals surface area contributed by atoms with Crippen molar-refractivity contribution < 1.29 is 0 Å². The van der Waals surface area contributed by atoms with Gasteiger partial charge in [-0.2, -0.15) is 0 Å². The zero-order chi connectivity index (χ0) is 6.57. The van der Waals surface area contributed by atoms with Gasteiger partial charge in [-0.15, -0.1) is 11.6 Å². The summed E-state index contributed by atoms with van der Waals surface area (Å²) in [4.78, 5) is 0.410. The fourth-order valence-corrected chi connectivity index (χ4v) is 2.66. The molecule has 0 radical (unpaired) electrons. The lowest BCUT2D eigenvalue weighted by Gasteiger charge is -2.04. The molecule has 0 aliphatic rings. The Bertz CT molecular complexity index is 57.2. The smallest absolute Gasteiger partial charge is 0.0709 e. The van der Waals surface area contributed by atoms with Crippen molar-refractivity contribution in [3.05, 3.63) is 0 Å². The zero-order valence-corrected chi connectivity index (χ0v) is 9.59. The number of rotatable bonds is 3. The fraction of sp³-hybridized carbons (Fsp3) is 1.00. The molecule has 0 aromatic heterocycles. The molecule has 0 N–H and O–H groups in total. The number of hydrogen-bond acceptors (Lipinski definition) is 0. The molecule has 0 saturated carbocycles. The summed E-state index contributed by atoms with van der Waals surface area (Å²) in [6.07, 6.45) is 1.00. The van der Waals surface area contributed by atoms with Crippen LogP contribution < -0.4 is 0 Å². The molecule has 0 aromatic rings. The molecule has 0 rings (SSSR count). The molecule has 0 saturated heterocycles. The van der Waals surface area contributed by atoms with Gasteiger partial charge in [0.25, 0.3) is 0 Å². The van der Waals surface area contributed by atoms with Crippen LogP contribution in [-0.2, 0) is 0 Å². The van der Waals surface area contributed by atoms with Crippen molar-refractivity contribution in [2.75, 3.05) is 5.88 Å². The molecule has 1 atom stereocenters. The molecule has 0 fully saturated rings. The normalized spacial score (nSPS) is 14.6. The largest absolute Gasteiger partial charge is 0.126 e. The highest BCUT2D eigenvalue weighted by molar-refractivity contribution is 9.24. The lowest BCUT2D eigenvalue weighted by atomic mass is 10.4. The van der Waals surface area contributed by atoms with Crippen LogP contribution in [-0.4, -0.2) is 14.4 Å². The van der Waals surface area contributed by atoms with E-state index in [0.717, 1.165) is 6.42 Å². The number of halogens is 4. The first-order valence-corrected chi connectivity index (χ1v) is 5.43. The first-order valence-electron chi connectivity index (χ1n) is 2.15. The minimum absolute atomic E-state index is 0.373. The summed E-state index contributed by atoms with van der Waals surface area (Å²) in [5, 5.41) is 0. The molecular weight excluding hydrogens is 323 g/mol. The topological polar surface area (TPSA) is 0 Å². The Hall–Kier alpha value is 1.73. The van der Waals surface area contributed by atoms with E-state index in [4.69, 9.17) is 11.6 Å². The van der Waals surface area contributed by atoms with E-state index in [2.05, 4.69) is 47.8 Å². The van der Waals surface area contributed by atoms with Gasteiger partial charge in [0.2, 0.25) is 0 Å². The average molecular weight is 329 g/mol. The summed E-state index contributed by atoms with van der Waals surface area (Å²) < 4.78 is 0.373. The molecule has 4 heteroatoms. The SMILES string of the molecule is ClCC(Br)CC(Br)Br. The van der Waals surface area contributed by atoms with E-state index in [0.29, 0.717) is 14.4 Å². The molecule has 50 valence electrons. The van der Waals surface area contributed by atoms with E-state index in [1.807, 2.05) is 0 Å². The predicted molar refractivity (Wildman–Crippen MR) is 49.7 cm³/mol. The summed E-state index contributed by atoms with van der Waals surface area (Å²) >= 11 is 15.6. The molecule has 0 aliphatic heterocycles. The highest BCUT2D eigenvalue weighted by atomic mass is 79.9. The molecule has 0 bridgehead atoms. The standard InChI is InChI=1S/C4H6Br3Cl/c5-3(2-8)1-4(6)7/h3-4H,1-2H2. The summed E-state index contributed by atoms with van der Waals surface area (Å²) in [6.45, 7) is 0. The van der Waals surface area contributed by atoms with Crippen LogP contribution in [0, 0.1) is 0 Å². The minimum atomic E-state index is 0.373. The van der Waals surface area contributed by atoms with Crippen molar-refractivity contribution in [1.82, 2.24) is 0 Å². The van der Waals surface area contributed by atoms with E-state index in [9.17, 15) is 0 Å². The molecule has 0 aliphatic carbocycles. The van der Waals surface area contributed by atoms with Gasteiger partial charge in [-0.25, -0.2) is 0 Å². The van der Waals surface area contributed by atoms with Gasteiger partial charge in [-0.1, -0.05) is 47.8 Å². The number of alkyl halides is 4. The van der Waals surface area contributed by atoms with Crippen LogP contribution in [0.5, 0.6) is 0 Å². The van der Waals surface area contributed by atoms with Crippen LogP contribution in [0.2, 0.25) is 0 Å². The highest BCUT2D eigenvalue weighted by Gasteiger charge is 2.05. The second-order valence-electron chi connectivity index (χ2n) is 1.38. The van der Waals surface area contributed by atoms with Gasteiger partial charge in [0.15, 0.2) is 0 Å². The highest BCUT2D eigenvalue weighted by Crippen LogP contribution is 2.19. The summed E-state index contributed by atoms with van der Waals surface area (Å²) in [7, 11) is 0. The first kappa shape index (κ1) is 9.73. The van der Waals surface area contributed by atoms with Gasteiger partial charge >= 0.3 is 0 Å². The second-order valence-corrected chi connectivity index (χ2v) is 6.42. The molecule has 1 unspecified atom stereocenters. The monoisotopic (exact) mass is 326 g/mol. The molecular formula is C4H6Br3Cl. The van der Waals surface area contributed by atoms with Crippen LogP contribution in [0.15, 0.2) is 0 Å². The zero-order valence-electron chi connectivity index (χ0n) is 4.08. The first-order chi connectivity index (χ1) is 3.66. The van der Waals surface area contributed by atoms with E-state index in [-0.39, 0.29) is 0 Å². The van der Waals surface area contributed by atoms with E-state index in [1.165, 1.54) is 0 Å². The van der Waals surface area contributed by atoms with Crippen LogP contribution in [0.25, 0.3) is 0 Å². The summed E-state index contributed by atoms with van der Waals surface area (Å²) in [6, 6.07) is 0. The molecule has 0 nitrogen and oxygen atoms in total. The average Bonchev–Trinajstić information content (AvgIpc) is 1.65. The maximum absolute atomic E-state index is 5.51. The lowest BCUT2D eigenvalue weighted by molar-refractivity contribution is 0.925. The van der Waals surface area contributed by atoms with Crippen molar-refractivity contribution in [2.45, 2.75) is 15.0 Å². The fourth-order valence-electron chi connectivity index (χ4n) is 0.256. The van der Waals surface area contributed by atoms with Crippen LogP contribution in [0.1, 0.15) is 6.42 Å². The Kier molecular flexibility index (Phi) is 6.70. The second kappa shape index (κ2) is 5.51. The van der Waals surface area contributed by atoms with E-state index in [1.54, 1.807) is 0 Å². The van der Waals surface area contributed by atoms with Crippen molar-refractivity contribution in [1.29, 1.82) is 0 Å². The maximum Gasteiger partial charge on any atom is 0.0709 e.